The van der Waals surface area contributed by atoms with E-state index < -0.39 is 20.8 Å². The first-order valence-corrected chi connectivity index (χ1v) is 15.4. The van der Waals surface area contributed by atoms with Crippen molar-refractivity contribution >= 4 is 32.8 Å². The Labute approximate surface area is 245 Å². The predicted octanol–water partition coefficient (Wildman–Crippen LogP) is 7.39. The van der Waals surface area contributed by atoms with Crippen molar-refractivity contribution in [3.63, 3.8) is 0 Å². The number of amides is 1. The average Bonchev–Trinajstić information content (AvgIpc) is 3.13. The van der Waals surface area contributed by atoms with E-state index in [1.165, 1.54) is 0 Å². The van der Waals surface area contributed by atoms with Gasteiger partial charge >= 0.3 is 0 Å². The van der Waals surface area contributed by atoms with Crippen molar-refractivity contribution in [2.24, 2.45) is 0 Å². The maximum Gasteiger partial charge on any atom is 0.266 e. The largest absolute Gasteiger partial charge is 0.462 e. The maximum absolute atomic E-state index is 15.1. The number of sulfone groups is 1. The number of benzene rings is 5. The highest BCUT2D eigenvalue weighted by atomic mass is 32.2. The fourth-order valence-electron chi connectivity index (χ4n) is 6.09. The second-order valence-corrected chi connectivity index (χ2v) is 12.5. The zero-order valence-electron chi connectivity index (χ0n) is 22.6. The summed E-state index contributed by atoms with van der Waals surface area (Å²) in [6.45, 7) is 0. The number of hydrogen-bond acceptors (Lipinski definition) is 4. The molecular formula is C36H27NO4S. The minimum absolute atomic E-state index is 0.0117. The molecule has 0 spiro atoms. The predicted molar refractivity (Wildman–Crippen MR) is 164 cm³/mol. The van der Waals surface area contributed by atoms with Crippen LogP contribution >= 0.6 is 0 Å². The van der Waals surface area contributed by atoms with E-state index in [2.05, 4.69) is 0 Å². The average molecular weight is 570 g/mol. The van der Waals surface area contributed by atoms with Crippen LogP contribution in [0.5, 0.6) is 0 Å². The Morgan fingerprint density at radius 3 is 1.81 bits per heavy atom. The number of ether oxygens (including phenoxy) is 1. The molecular weight excluding hydrogens is 542 g/mol. The molecule has 0 aliphatic carbocycles. The normalized spacial score (nSPS) is 21.1. The molecule has 0 unspecified atom stereocenters. The fraction of sp³-hybridized carbons (Fsp3) is 0.0833. The van der Waals surface area contributed by atoms with E-state index in [1.54, 1.807) is 29.2 Å². The second kappa shape index (κ2) is 10.2. The first-order chi connectivity index (χ1) is 20.5. The van der Waals surface area contributed by atoms with Crippen LogP contribution in [0.3, 0.4) is 0 Å². The molecule has 5 aromatic carbocycles. The molecule has 0 N–H and O–H groups in total. The van der Waals surface area contributed by atoms with Crippen LogP contribution in [0.1, 0.15) is 33.9 Å². The summed E-state index contributed by atoms with van der Waals surface area (Å²) < 4.78 is 36.3. The lowest BCUT2D eigenvalue weighted by molar-refractivity contribution is -0.120. The standard InChI is InChI=1S/C36H27NO4S/c38-35-33(27-17-7-2-8-18-27)34(28-19-9-3-10-20-28)41-36(29-21-11-4-12-22-29)25-32(26-15-5-1-6-16-26)42(39,40)31-24-14-13-23-30(31)37(35)36/h1-24,32H,25H2/t32-,36-/m1/s1. The lowest BCUT2D eigenvalue weighted by Gasteiger charge is -2.48. The number of carbonyl (C=O) groups is 1. The number of carbonyl (C=O) groups excluding carboxylic acids is 1. The highest BCUT2D eigenvalue weighted by Crippen LogP contribution is 2.55. The van der Waals surface area contributed by atoms with Crippen LogP contribution in [-0.2, 0) is 25.1 Å². The van der Waals surface area contributed by atoms with Crippen molar-refractivity contribution in [1.82, 2.24) is 0 Å². The van der Waals surface area contributed by atoms with Crippen LogP contribution in [0.2, 0.25) is 0 Å². The molecule has 2 aliphatic heterocycles. The number of para-hydroxylation sites is 1. The molecule has 0 bridgehead atoms. The van der Waals surface area contributed by atoms with Gasteiger partial charge in [0.15, 0.2) is 9.84 Å². The molecule has 42 heavy (non-hydrogen) atoms. The molecule has 2 heterocycles. The molecule has 0 saturated carbocycles. The third-order valence-corrected chi connectivity index (χ3v) is 10.2. The summed E-state index contributed by atoms with van der Waals surface area (Å²) in [5.41, 5.74) is 1.95. The maximum atomic E-state index is 15.1. The molecule has 2 aliphatic rings. The van der Waals surface area contributed by atoms with Crippen molar-refractivity contribution in [3.05, 3.63) is 168 Å². The molecule has 5 aromatic rings. The van der Waals surface area contributed by atoms with Gasteiger partial charge < -0.3 is 4.74 Å². The molecule has 5 nitrogen and oxygen atoms in total. The van der Waals surface area contributed by atoms with Crippen LogP contribution in [0.25, 0.3) is 11.3 Å². The van der Waals surface area contributed by atoms with Gasteiger partial charge in [-0.3, -0.25) is 9.69 Å². The molecule has 206 valence electrons. The SMILES string of the molecule is O=C1C(c2ccccc2)=C(c2ccccc2)O[C@@]2(c3ccccc3)C[C@H](c3ccccc3)S(=O)(=O)c3ccccc3N12. The Morgan fingerprint density at radius 1 is 0.643 bits per heavy atom. The van der Waals surface area contributed by atoms with Gasteiger partial charge in [-0.25, -0.2) is 8.42 Å². The summed E-state index contributed by atoms with van der Waals surface area (Å²) >= 11 is 0. The molecule has 0 fully saturated rings. The van der Waals surface area contributed by atoms with Crippen LogP contribution in [-0.4, -0.2) is 14.3 Å². The van der Waals surface area contributed by atoms with Crippen molar-refractivity contribution in [2.45, 2.75) is 22.3 Å². The second-order valence-electron chi connectivity index (χ2n) is 10.4. The molecule has 0 radical (unpaired) electrons. The number of fused-ring (bicyclic) bond motifs is 3. The number of hydrogen-bond donors (Lipinski definition) is 0. The third kappa shape index (κ3) is 4.06. The number of nitrogens with zero attached hydrogens (tertiary/aromatic N) is 1. The summed E-state index contributed by atoms with van der Waals surface area (Å²) in [4.78, 5) is 16.8. The van der Waals surface area contributed by atoms with Gasteiger partial charge in [-0.2, -0.15) is 0 Å². The lowest BCUT2D eigenvalue weighted by Crippen LogP contribution is -2.55. The molecule has 2 atom stereocenters. The van der Waals surface area contributed by atoms with Gasteiger partial charge in [-0.15, -0.1) is 0 Å². The smallest absolute Gasteiger partial charge is 0.266 e. The van der Waals surface area contributed by atoms with Crippen molar-refractivity contribution < 1.29 is 17.9 Å². The first kappa shape index (κ1) is 26.0. The van der Waals surface area contributed by atoms with E-state index in [9.17, 15) is 8.42 Å². The van der Waals surface area contributed by atoms with Crippen LogP contribution < -0.4 is 4.90 Å². The van der Waals surface area contributed by atoms with E-state index in [-0.39, 0.29) is 17.2 Å². The van der Waals surface area contributed by atoms with Crippen molar-refractivity contribution in [1.29, 1.82) is 0 Å². The van der Waals surface area contributed by atoms with E-state index in [4.69, 9.17) is 4.74 Å². The number of anilines is 1. The summed E-state index contributed by atoms with van der Waals surface area (Å²) in [5.74, 6) is 0.0852. The third-order valence-electron chi connectivity index (χ3n) is 8.02. The number of rotatable bonds is 4. The first-order valence-electron chi connectivity index (χ1n) is 13.8. The summed E-state index contributed by atoms with van der Waals surface area (Å²) in [7, 11) is -3.96. The minimum Gasteiger partial charge on any atom is -0.462 e. The van der Waals surface area contributed by atoms with E-state index >= 15 is 4.79 Å². The van der Waals surface area contributed by atoms with Gasteiger partial charge in [0.2, 0.25) is 5.72 Å². The Bertz CT molecular complexity index is 1910. The minimum atomic E-state index is -3.96. The Morgan fingerprint density at radius 2 is 1.17 bits per heavy atom. The molecule has 7 rings (SSSR count). The van der Waals surface area contributed by atoms with Crippen LogP contribution in [0.15, 0.2) is 150 Å². The van der Waals surface area contributed by atoms with Gasteiger partial charge in [0.1, 0.15) is 5.76 Å². The van der Waals surface area contributed by atoms with Crippen molar-refractivity contribution in [3.8, 4) is 0 Å². The van der Waals surface area contributed by atoms with Gasteiger partial charge in [-0.05, 0) is 23.3 Å². The summed E-state index contributed by atoms with van der Waals surface area (Å²) in [6, 6.07) is 44.4. The van der Waals surface area contributed by atoms with Crippen LogP contribution in [0.4, 0.5) is 5.69 Å². The van der Waals surface area contributed by atoms with Gasteiger partial charge in [0, 0.05) is 17.5 Å². The van der Waals surface area contributed by atoms with E-state index in [1.807, 2.05) is 121 Å². The molecule has 0 aromatic heterocycles. The molecule has 6 heteroatoms. The Hall–Kier alpha value is -4.94. The van der Waals surface area contributed by atoms with Crippen LogP contribution in [0, 0.1) is 0 Å². The Kier molecular flexibility index (Phi) is 6.29. The van der Waals surface area contributed by atoms with Gasteiger partial charge in [0.05, 0.1) is 21.4 Å². The summed E-state index contributed by atoms with van der Waals surface area (Å²) in [5, 5.41) is -0.979. The quantitative estimate of drug-likeness (QED) is 0.226. The lowest BCUT2D eigenvalue weighted by atomic mass is 9.87. The van der Waals surface area contributed by atoms with E-state index in [0.29, 0.717) is 33.7 Å². The summed E-state index contributed by atoms with van der Waals surface area (Å²) in [6.07, 6.45) is -0.0117. The topological polar surface area (TPSA) is 63.7 Å². The van der Waals surface area contributed by atoms with E-state index in [0.717, 1.165) is 5.56 Å². The highest BCUT2D eigenvalue weighted by molar-refractivity contribution is 7.91. The zero-order chi connectivity index (χ0) is 28.7. The Balaban J connectivity index is 1.60. The fourth-order valence-corrected chi connectivity index (χ4v) is 8.08. The molecule has 1 amide bonds. The zero-order valence-corrected chi connectivity index (χ0v) is 23.4. The van der Waals surface area contributed by atoms with Crippen molar-refractivity contribution in [2.75, 3.05) is 4.90 Å². The molecule has 0 saturated heterocycles. The van der Waals surface area contributed by atoms with Gasteiger partial charge in [0.25, 0.3) is 5.91 Å². The highest BCUT2D eigenvalue weighted by Gasteiger charge is 2.57. The van der Waals surface area contributed by atoms with Gasteiger partial charge in [-0.1, -0.05) is 133 Å². The monoisotopic (exact) mass is 569 g/mol.